The molecule has 114 valence electrons. The molecule has 0 bridgehead atoms. The minimum Gasteiger partial charge on any atom is -0.303 e. The Morgan fingerprint density at radius 1 is 1.33 bits per heavy atom. The third-order valence-corrected chi connectivity index (χ3v) is 6.37. The molecule has 21 heavy (non-hydrogen) atoms. The van der Waals surface area contributed by atoms with Crippen LogP contribution in [-0.4, -0.2) is 30.6 Å². The first kappa shape index (κ1) is 15.5. The summed E-state index contributed by atoms with van der Waals surface area (Å²) < 4.78 is 0.858. The molecule has 1 saturated carbocycles. The van der Waals surface area contributed by atoms with Gasteiger partial charge in [-0.2, -0.15) is 0 Å². The van der Waals surface area contributed by atoms with E-state index in [1.54, 1.807) is 22.7 Å². The Bertz CT molecular complexity index is 563. The number of likely N-dealkylation sites (N-methyl/N-ethyl adjacent to an activating group) is 1. The lowest BCUT2D eigenvalue weighted by atomic mass is 10.2. The van der Waals surface area contributed by atoms with Crippen molar-refractivity contribution >= 4 is 34.3 Å². The van der Waals surface area contributed by atoms with Gasteiger partial charge in [-0.1, -0.05) is 17.7 Å². The summed E-state index contributed by atoms with van der Waals surface area (Å²) in [7, 11) is 2.24. The van der Waals surface area contributed by atoms with Crippen molar-refractivity contribution in [3.63, 3.8) is 0 Å². The SMILES string of the molecule is CC(CNC(c1cccs1)c1ccc(Cl)s1)N(C)C1CC1. The fourth-order valence-corrected chi connectivity index (χ4v) is 4.60. The lowest BCUT2D eigenvalue weighted by molar-refractivity contribution is 0.238. The van der Waals surface area contributed by atoms with Crippen LogP contribution < -0.4 is 5.32 Å². The van der Waals surface area contributed by atoms with E-state index in [2.05, 4.69) is 47.8 Å². The van der Waals surface area contributed by atoms with Crippen molar-refractivity contribution in [1.82, 2.24) is 10.2 Å². The zero-order valence-corrected chi connectivity index (χ0v) is 14.8. The smallest absolute Gasteiger partial charge is 0.0931 e. The topological polar surface area (TPSA) is 15.3 Å². The predicted octanol–water partition coefficient (Wildman–Crippen LogP) is 4.62. The number of nitrogens with one attached hydrogen (secondary N) is 1. The Morgan fingerprint density at radius 2 is 2.14 bits per heavy atom. The molecule has 0 saturated heterocycles. The van der Waals surface area contributed by atoms with Crippen LogP contribution in [0.4, 0.5) is 0 Å². The van der Waals surface area contributed by atoms with Gasteiger partial charge in [-0.15, -0.1) is 22.7 Å². The number of hydrogen-bond donors (Lipinski definition) is 1. The summed E-state index contributed by atoms with van der Waals surface area (Å²) in [6.07, 6.45) is 2.71. The van der Waals surface area contributed by atoms with E-state index in [0.29, 0.717) is 6.04 Å². The quantitative estimate of drug-likeness (QED) is 0.790. The highest BCUT2D eigenvalue weighted by Gasteiger charge is 2.29. The molecule has 0 amide bonds. The van der Waals surface area contributed by atoms with Gasteiger partial charge in [0.15, 0.2) is 0 Å². The van der Waals surface area contributed by atoms with Gasteiger partial charge < -0.3 is 5.32 Å². The standard InChI is InChI=1S/C16H21ClN2S2/c1-11(19(2)12-5-6-12)10-18-16(13-4-3-9-20-13)14-7-8-15(17)21-14/h3-4,7-9,11-12,16,18H,5-6,10H2,1-2H3. The number of hydrogen-bond acceptors (Lipinski definition) is 4. The van der Waals surface area contributed by atoms with Crippen molar-refractivity contribution in [2.24, 2.45) is 0 Å². The maximum Gasteiger partial charge on any atom is 0.0931 e. The molecule has 3 rings (SSSR count). The molecule has 2 nitrogen and oxygen atoms in total. The van der Waals surface area contributed by atoms with E-state index in [1.165, 1.54) is 22.6 Å². The molecule has 1 aliphatic rings. The van der Waals surface area contributed by atoms with Gasteiger partial charge in [-0.3, -0.25) is 4.90 Å². The highest BCUT2D eigenvalue weighted by molar-refractivity contribution is 7.16. The second-order valence-corrected chi connectivity index (χ2v) is 8.47. The fourth-order valence-electron chi connectivity index (χ4n) is 2.55. The summed E-state index contributed by atoms with van der Waals surface area (Å²) in [6, 6.07) is 10.1. The second kappa shape index (κ2) is 6.80. The second-order valence-electron chi connectivity index (χ2n) is 5.74. The predicted molar refractivity (Wildman–Crippen MR) is 93.7 cm³/mol. The van der Waals surface area contributed by atoms with Crippen molar-refractivity contribution in [1.29, 1.82) is 0 Å². The third-order valence-electron chi connectivity index (χ3n) is 4.14. The summed E-state index contributed by atoms with van der Waals surface area (Å²) in [5.41, 5.74) is 0. The molecule has 2 heterocycles. The normalized spacial score (nSPS) is 18.1. The van der Waals surface area contributed by atoms with Gasteiger partial charge in [0.25, 0.3) is 0 Å². The molecule has 2 aromatic heterocycles. The van der Waals surface area contributed by atoms with Gasteiger partial charge in [0.05, 0.1) is 10.4 Å². The van der Waals surface area contributed by atoms with Crippen LogP contribution in [0.15, 0.2) is 29.6 Å². The molecule has 2 atom stereocenters. The summed E-state index contributed by atoms with van der Waals surface area (Å²) >= 11 is 9.58. The number of halogens is 1. The van der Waals surface area contributed by atoms with Gasteiger partial charge >= 0.3 is 0 Å². The van der Waals surface area contributed by atoms with Crippen molar-refractivity contribution in [2.45, 2.75) is 37.9 Å². The Labute approximate surface area is 139 Å². The Hall–Kier alpha value is -0.390. The minimum atomic E-state index is 0.262. The first-order chi connectivity index (χ1) is 10.1. The molecule has 1 N–H and O–H groups in total. The molecule has 2 aromatic rings. The average molecular weight is 341 g/mol. The van der Waals surface area contributed by atoms with Crippen molar-refractivity contribution in [3.8, 4) is 0 Å². The van der Waals surface area contributed by atoms with Gasteiger partial charge in [0.2, 0.25) is 0 Å². The molecule has 0 aliphatic heterocycles. The van der Waals surface area contributed by atoms with E-state index >= 15 is 0 Å². The monoisotopic (exact) mass is 340 g/mol. The van der Waals surface area contributed by atoms with Crippen LogP contribution in [0.3, 0.4) is 0 Å². The van der Waals surface area contributed by atoms with Gasteiger partial charge in [0.1, 0.15) is 0 Å². The lowest BCUT2D eigenvalue weighted by Crippen LogP contribution is -2.40. The largest absolute Gasteiger partial charge is 0.303 e. The van der Waals surface area contributed by atoms with Crippen LogP contribution in [0, 0.1) is 0 Å². The van der Waals surface area contributed by atoms with Crippen LogP contribution in [0.1, 0.15) is 35.6 Å². The van der Waals surface area contributed by atoms with Gasteiger partial charge in [0, 0.05) is 28.4 Å². The van der Waals surface area contributed by atoms with Crippen molar-refractivity contribution in [3.05, 3.63) is 43.7 Å². The van der Waals surface area contributed by atoms with E-state index < -0.39 is 0 Å². The van der Waals surface area contributed by atoms with Crippen LogP contribution in [-0.2, 0) is 0 Å². The number of nitrogens with zero attached hydrogens (tertiary/aromatic N) is 1. The van der Waals surface area contributed by atoms with Crippen LogP contribution in [0.25, 0.3) is 0 Å². The molecule has 1 aliphatic carbocycles. The summed E-state index contributed by atoms with van der Waals surface area (Å²) in [6.45, 7) is 3.29. The third kappa shape index (κ3) is 3.88. The van der Waals surface area contributed by atoms with E-state index in [4.69, 9.17) is 11.6 Å². The molecule has 0 spiro atoms. The first-order valence-electron chi connectivity index (χ1n) is 7.39. The number of rotatable bonds is 7. The maximum atomic E-state index is 6.11. The molecule has 1 fully saturated rings. The molecular weight excluding hydrogens is 320 g/mol. The molecule has 0 radical (unpaired) electrons. The van der Waals surface area contributed by atoms with E-state index in [0.717, 1.165) is 16.9 Å². The van der Waals surface area contributed by atoms with Gasteiger partial charge in [-0.25, -0.2) is 0 Å². The molecule has 5 heteroatoms. The summed E-state index contributed by atoms with van der Waals surface area (Å²) in [4.78, 5) is 5.15. The average Bonchev–Trinajstić information content (AvgIpc) is 3.01. The van der Waals surface area contributed by atoms with Crippen LogP contribution in [0.2, 0.25) is 4.34 Å². The van der Waals surface area contributed by atoms with Crippen LogP contribution in [0.5, 0.6) is 0 Å². The highest BCUT2D eigenvalue weighted by atomic mass is 35.5. The lowest BCUT2D eigenvalue weighted by Gasteiger charge is -2.27. The summed E-state index contributed by atoms with van der Waals surface area (Å²) in [5, 5.41) is 5.87. The van der Waals surface area contributed by atoms with E-state index in [-0.39, 0.29) is 6.04 Å². The van der Waals surface area contributed by atoms with Gasteiger partial charge in [-0.05, 0) is 50.4 Å². The Balaban J connectivity index is 1.68. The molecular formula is C16H21ClN2S2. The molecule has 0 aromatic carbocycles. The molecule has 2 unspecified atom stereocenters. The van der Waals surface area contributed by atoms with Crippen LogP contribution >= 0.6 is 34.3 Å². The Morgan fingerprint density at radius 3 is 2.71 bits per heavy atom. The van der Waals surface area contributed by atoms with Crippen molar-refractivity contribution in [2.75, 3.05) is 13.6 Å². The van der Waals surface area contributed by atoms with E-state index in [1.807, 2.05) is 6.07 Å². The number of thiophene rings is 2. The zero-order chi connectivity index (χ0) is 14.8. The Kier molecular flexibility index (Phi) is 5.02. The zero-order valence-electron chi connectivity index (χ0n) is 12.4. The first-order valence-corrected chi connectivity index (χ1v) is 9.46. The summed E-state index contributed by atoms with van der Waals surface area (Å²) in [5.74, 6) is 0. The maximum absolute atomic E-state index is 6.11. The van der Waals surface area contributed by atoms with E-state index in [9.17, 15) is 0 Å². The fraction of sp³-hybridized carbons (Fsp3) is 0.500. The minimum absolute atomic E-state index is 0.262. The highest BCUT2D eigenvalue weighted by Crippen LogP contribution is 2.33. The van der Waals surface area contributed by atoms with Crippen molar-refractivity contribution < 1.29 is 0 Å².